The quantitative estimate of drug-likeness (QED) is 0.455. The summed E-state index contributed by atoms with van der Waals surface area (Å²) in [5.74, 6) is 0.00828. The van der Waals surface area contributed by atoms with Crippen LogP contribution in [0.15, 0.2) is 78.9 Å². The van der Waals surface area contributed by atoms with Gasteiger partial charge in [-0.05, 0) is 17.7 Å². The molecular formula is C20H18N2O5S. The molecule has 0 unspecified atom stereocenters. The molecule has 144 valence electrons. The third-order valence-corrected chi connectivity index (χ3v) is 5.13. The summed E-state index contributed by atoms with van der Waals surface area (Å²) in [6, 6.07) is 21.9. The number of nitro benzene ring substituents is 1. The van der Waals surface area contributed by atoms with Crippen LogP contribution in [0.4, 0.5) is 11.4 Å². The molecular weight excluding hydrogens is 380 g/mol. The zero-order valence-corrected chi connectivity index (χ0v) is 15.6. The smallest absolute Gasteiger partial charge is 0.273 e. The average Bonchev–Trinajstić information content (AvgIpc) is 2.67. The maximum absolute atomic E-state index is 12.5. The van der Waals surface area contributed by atoms with Gasteiger partial charge < -0.3 is 4.74 Å². The fourth-order valence-corrected chi connectivity index (χ4v) is 3.83. The summed E-state index contributed by atoms with van der Waals surface area (Å²) in [6.45, 7) is 0.354. The third-order valence-electron chi connectivity index (χ3n) is 3.89. The second-order valence-electron chi connectivity index (χ2n) is 6.05. The van der Waals surface area contributed by atoms with Gasteiger partial charge in [0.15, 0.2) is 0 Å². The van der Waals surface area contributed by atoms with E-state index in [-0.39, 0.29) is 11.3 Å². The number of nitrogens with zero attached hydrogens (tertiary/aromatic N) is 1. The maximum Gasteiger partial charge on any atom is 0.273 e. The predicted octanol–water partition coefficient (Wildman–Crippen LogP) is 4.12. The van der Waals surface area contributed by atoms with Crippen molar-refractivity contribution in [2.24, 2.45) is 0 Å². The van der Waals surface area contributed by atoms with Crippen molar-refractivity contribution in [2.75, 3.05) is 4.72 Å². The molecule has 0 aliphatic rings. The number of nitro groups is 1. The van der Waals surface area contributed by atoms with Crippen molar-refractivity contribution in [2.45, 2.75) is 12.4 Å². The molecule has 0 spiro atoms. The van der Waals surface area contributed by atoms with Gasteiger partial charge in [0.25, 0.3) is 5.69 Å². The molecule has 0 aromatic heterocycles. The molecule has 7 nitrogen and oxygen atoms in total. The summed E-state index contributed by atoms with van der Waals surface area (Å²) >= 11 is 0. The summed E-state index contributed by atoms with van der Waals surface area (Å²) in [6.07, 6.45) is 0. The highest BCUT2D eigenvalue weighted by molar-refractivity contribution is 7.91. The lowest BCUT2D eigenvalue weighted by molar-refractivity contribution is -0.385. The minimum atomic E-state index is -3.84. The summed E-state index contributed by atoms with van der Waals surface area (Å²) in [7, 11) is -3.84. The second kappa shape index (κ2) is 8.53. The van der Waals surface area contributed by atoms with Gasteiger partial charge in [0.2, 0.25) is 10.0 Å². The van der Waals surface area contributed by atoms with Gasteiger partial charge in [-0.1, -0.05) is 54.6 Å². The fourth-order valence-electron chi connectivity index (χ4n) is 2.62. The monoisotopic (exact) mass is 398 g/mol. The Balaban J connectivity index is 1.70. The van der Waals surface area contributed by atoms with E-state index in [1.165, 1.54) is 18.2 Å². The zero-order chi connectivity index (χ0) is 20.0. The van der Waals surface area contributed by atoms with E-state index < -0.39 is 20.7 Å². The number of anilines is 1. The highest BCUT2D eigenvalue weighted by Gasteiger charge is 2.20. The molecule has 0 amide bonds. The Morgan fingerprint density at radius 1 is 0.929 bits per heavy atom. The summed E-state index contributed by atoms with van der Waals surface area (Å²) < 4.78 is 33.1. The van der Waals surface area contributed by atoms with Crippen LogP contribution >= 0.6 is 0 Å². The SMILES string of the molecule is O=[N+]([O-])c1ccccc1CS(=O)(=O)Nc1cccc(OCc2ccccc2)c1. The molecule has 0 aliphatic carbocycles. The van der Waals surface area contributed by atoms with Crippen molar-refractivity contribution < 1.29 is 18.1 Å². The van der Waals surface area contributed by atoms with Crippen LogP contribution in [0, 0.1) is 10.1 Å². The minimum absolute atomic E-state index is 0.122. The van der Waals surface area contributed by atoms with E-state index in [4.69, 9.17) is 4.74 Å². The maximum atomic E-state index is 12.5. The van der Waals surface area contributed by atoms with Crippen molar-refractivity contribution in [1.82, 2.24) is 0 Å². The van der Waals surface area contributed by atoms with E-state index in [2.05, 4.69) is 4.72 Å². The van der Waals surface area contributed by atoms with Crippen LogP contribution in [0.3, 0.4) is 0 Å². The fraction of sp³-hybridized carbons (Fsp3) is 0.100. The van der Waals surface area contributed by atoms with Gasteiger partial charge in [-0.2, -0.15) is 0 Å². The average molecular weight is 398 g/mol. The highest BCUT2D eigenvalue weighted by Crippen LogP contribution is 2.23. The molecule has 3 rings (SSSR count). The molecule has 0 saturated carbocycles. The van der Waals surface area contributed by atoms with E-state index in [1.807, 2.05) is 30.3 Å². The molecule has 0 aliphatic heterocycles. The number of rotatable bonds is 8. The number of sulfonamides is 1. The summed E-state index contributed by atoms with van der Waals surface area (Å²) in [5.41, 5.74) is 1.21. The molecule has 28 heavy (non-hydrogen) atoms. The number of ether oxygens (including phenoxy) is 1. The van der Waals surface area contributed by atoms with E-state index >= 15 is 0 Å². The van der Waals surface area contributed by atoms with Crippen molar-refractivity contribution in [3.8, 4) is 5.75 Å². The first kappa shape index (κ1) is 19.4. The van der Waals surface area contributed by atoms with Crippen LogP contribution in [-0.2, 0) is 22.4 Å². The van der Waals surface area contributed by atoms with Gasteiger partial charge in [-0.3, -0.25) is 14.8 Å². The number of para-hydroxylation sites is 1. The normalized spacial score (nSPS) is 11.0. The van der Waals surface area contributed by atoms with Crippen LogP contribution in [0.2, 0.25) is 0 Å². The third kappa shape index (κ3) is 5.31. The van der Waals surface area contributed by atoms with E-state index in [9.17, 15) is 18.5 Å². The Morgan fingerprint density at radius 3 is 2.39 bits per heavy atom. The summed E-state index contributed by atoms with van der Waals surface area (Å²) in [5, 5.41) is 11.1. The lowest BCUT2D eigenvalue weighted by Gasteiger charge is -2.11. The first-order valence-electron chi connectivity index (χ1n) is 8.42. The molecule has 0 atom stereocenters. The first-order valence-corrected chi connectivity index (χ1v) is 10.1. The Morgan fingerprint density at radius 2 is 1.64 bits per heavy atom. The molecule has 0 radical (unpaired) electrons. The summed E-state index contributed by atoms with van der Waals surface area (Å²) in [4.78, 5) is 10.5. The van der Waals surface area contributed by atoms with Crippen LogP contribution < -0.4 is 9.46 Å². The first-order chi connectivity index (χ1) is 13.4. The van der Waals surface area contributed by atoms with Gasteiger partial charge in [-0.15, -0.1) is 0 Å². The standard InChI is InChI=1S/C20H18N2O5S/c23-22(24)20-12-5-4-9-17(20)15-28(25,26)21-18-10-6-11-19(13-18)27-14-16-7-2-1-3-8-16/h1-13,21H,14-15H2. The Hall–Kier alpha value is -3.39. The van der Waals surface area contributed by atoms with Crippen molar-refractivity contribution in [3.63, 3.8) is 0 Å². The molecule has 3 aromatic carbocycles. The lowest BCUT2D eigenvalue weighted by Crippen LogP contribution is -2.16. The predicted molar refractivity (Wildman–Crippen MR) is 107 cm³/mol. The van der Waals surface area contributed by atoms with Gasteiger partial charge >= 0.3 is 0 Å². The van der Waals surface area contributed by atoms with Crippen molar-refractivity contribution >= 4 is 21.4 Å². The van der Waals surface area contributed by atoms with Crippen LogP contribution in [0.1, 0.15) is 11.1 Å². The van der Waals surface area contributed by atoms with E-state index in [0.717, 1.165) is 5.56 Å². The van der Waals surface area contributed by atoms with Gasteiger partial charge in [0.05, 0.1) is 10.6 Å². The highest BCUT2D eigenvalue weighted by atomic mass is 32.2. The van der Waals surface area contributed by atoms with E-state index in [1.54, 1.807) is 30.3 Å². The van der Waals surface area contributed by atoms with Crippen molar-refractivity contribution in [1.29, 1.82) is 0 Å². The molecule has 0 heterocycles. The van der Waals surface area contributed by atoms with Gasteiger partial charge in [0.1, 0.15) is 18.1 Å². The molecule has 8 heteroatoms. The Labute approximate surface area is 162 Å². The number of nitrogens with one attached hydrogen (secondary N) is 1. The van der Waals surface area contributed by atoms with Crippen LogP contribution in [0.5, 0.6) is 5.75 Å². The second-order valence-corrected chi connectivity index (χ2v) is 7.77. The van der Waals surface area contributed by atoms with Crippen LogP contribution in [-0.4, -0.2) is 13.3 Å². The van der Waals surface area contributed by atoms with Gasteiger partial charge in [-0.25, -0.2) is 8.42 Å². The number of hydrogen-bond donors (Lipinski definition) is 1. The topological polar surface area (TPSA) is 98.5 Å². The Kier molecular flexibility index (Phi) is 5.90. The molecule has 0 saturated heterocycles. The molecule has 0 fully saturated rings. The Bertz CT molecular complexity index is 1070. The van der Waals surface area contributed by atoms with E-state index in [0.29, 0.717) is 18.0 Å². The molecule has 0 bridgehead atoms. The molecule has 1 N–H and O–H groups in total. The van der Waals surface area contributed by atoms with Crippen molar-refractivity contribution in [3.05, 3.63) is 100 Å². The zero-order valence-electron chi connectivity index (χ0n) is 14.8. The molecule has 3 aromatic rings. The lowest BCUT2D eigenvalue weighted by atomic mass is 10.2. The van der Waals surface area contributed by atoms with Gasteiger partial charge in [0, 0.05) is 17.7 Å². The number of benzene rings is 3. The largest absolute Gasteiger partial charge is 0.489 e. The number of hydrogen-bond acceptors (Lipinski definition) is 5. The minimum Gasteiger partial charge on any atom is -0.489 e. The van der Waals surface area contributed by atoms with Crippen LogP contribution in [0.25, 0.3) is 0 Å².